The van der Waals surface area contributed by atoms with Crippen LogP contribution in [0.1, 0.15) is 19.6 Å². The van der Waals surface area contributed by atoms with Crippen molar-refractivity contribution in [3.8, 4) is 11.4 Å². The summed E-state index contributed by atoms with van der Waals surface area (Å²) >= 11 is 1.31. The summed E-state index contributed by atoms with van der Waals surface area (Å²) in [5, 5.41) is 9.10. The van der Waals surface area contributed by atoms with E-state index in [0.29, 0.717) is 11.1 Å². The Bertz CT molecular complexity index is 603. The molecule has 2 N–H and O–H groups in total. The fourth-order valence-corrected chi connectivity index (χ4v) is 2.56. The highest BCUT2D eigenvalue weighted by atomic mass is 32.2. The summed E-state index contributed by atoms with van der Waals surface area (Å²) in [6.07, 6.45) is 1.63. The summed E-state index contributed by atoms with van der Waals surface area (Å²) in [7, 11) is 0. The maximum Gasteiger partial charge on any atom is 0.227 e. The first-order valence-electron chi connectivity index (χ1n) is 6.37. The summed E-state index contributed by atoms with van der Waals surface area (Å²) in [5.74, 6) is 1.83. The third kappa shape index (κ3) is 3.22. The molecule has 0 bridgehead atoms. The second-order valence-electron chi connectivity index (χ2n) is 4.96. The van der Waals surface area contributed by atoms with Gasteiger partial charge in [0.05, 0.1) is 17.6 Å². The molecule has 0 aliphatic heterocycles. The van der Waals surface area contributed by atoms with E-state index in [0.717, 1.165) is 23.7 Å². The summed E-state index contributed by atoms with van der Waals surface area (Å²) in [6, 6.07) is 1.87. The molecule has 0 radical (unpaired) electrons. The molecule has 0 aromatic carbocycles. The number of hydrogen-bond donors (Lipinski definition) is 1. The molecule has 6 nitrogen and oxygen atoms in total. The zero-order valence-corrected chi connectivity index (χ0v) is 12.6. The van der Waals surface area contributed by atoms with Gasteiger partial charge in [0.1, 0.15) is 5.76 Å². The number of carbonyl (C=O) groups excluding carboxylic acids is 1. The van der Waals surface area contributed by atoms with Crippen LogP contribution >= 0.6 is 11.8 Å². The summed E-state index contributed by atoms with van der Waals surface area (Å²) in [5.41, 5.74) is 6.11. The SMILES string of the molecule is Cc1occc1-c1nnc(SCC(N)=O)n1CC(C)C. The van der Waals surface area contributed by atoms with Gasteiger partial charge in [0.25, 0.3) is 0 Å². The Balaban J connectivity index is 2.37. The number of amides is 1. The van der Waals surface area contributed by atoms with Crippen LogP contribution in [-0.4, -0.2) is 26.4 Å². The first kappa shape index (κ1) is 14.6. The molecule has 0 aliphatic carbocycles. The smallest absolute Gasteiger partial charge is 0.227 e. The molecule has 2 aromatic rings. The predicted octanol–water partition coefficient (Wildman–Crippen LogP) is 2.08. The number of nitrogens with zero attached hydrogens (tertiary/aromatic N) is 3. The van der Waals surface area contributed by atoms with Crippen molar-refractivity contribution in [3.63, 3.8) is 0 Å². The Kier molecular flexibility index (Phi) is 4.49. The Labute approximate surface area is 121 Å². The van der Waals surface area contributed by atoms with Crippen molar-refractivity contribution >= 4 is 17.7 Å². The Morgan fingerprint density at radius 1 is 1.50 bits per heavy atom. The van der Waals surface area contributed by atoms with Crippen molar-refractivity contribution in [2.45, 2.75) is 32.5 Å². The molecule has 20 heavy (non-hydrogen) atoms. The minimum atomic E-state index is -0.366. The van der Waals surface area contributed by atoms with Crippen molar-refractivity contribution in [3.05, 3.63) is 18.1 Å². The van der Waals surface area contributed by atoms with Crippen LogP contribution < -0.4 is 5.73 Å². The number of rotatable bonds is 6. The molecule has 0 atom stereocenters. The van der Waals surface area contributed by atoms with Gasteiger partial charge in [-0.05, 0) is 18.9 Å². The highest BCUT2D eigenvalue weighted by Gasteiger charge is 2.18. The number of aryl methyl sites for hydroxylation is 1. The van der Waals surface area contributed by atoms with E-state index in [1.807, 2.05) is 17.6 Å². The zero-order chi connectivity index (χ0) is 14.7. The van der Waals surface area contributed by atoms with E-state index in [1.165, 1.54) is 11.8 Å². The number of thioether (sulfide) groups is 1. The standard InChI is InChI=1S/C13H18N4O2S/c1-8(2)6-17-12(10-4-5-19-9(10)3)15-16-13(17)20-7-11(14)18/h4-5,8H,6-7H2,1-3H3,(H2,14,18). The fraction of sp³-hybridized carbons (Fsp3) is 0.462. The van der Waals surface area contributed by atoms with Gasteiger partial charge in [-0.1, -0.05) is 25.6 Å². The lowest BCUT2D eigenvalue weighted by Gasteiger charge is -2.11. The van der Waals surface area contributed by atoms with Gasteiger partial charge in [-0.3, -0.25) is 4.79 Å². The maximum atomic E-state index is 10.9. The third-order valence-electron chi connectivity index (χ3n) is 2.71. The van der Waals surface area contributed by atoms with E-state index in [1.54, 1.807) is 6.26 Å². The van der Waals surface area contributed by atoms with Crippen molar-refractivity contribution in [2.75, 3.05) is 5.75 Å². The van der Waals surface area contributed by atoms with E-state index >= 15 is 0 Å². The molecule has 0 saturated heterocycles. The van der Waals surface area contributed by atoms with Crippen molar-refractivity contribution in [1.29, 1.82) is 0 Å². The lowest BCUT2D eigenvalue weighted by atomic mass is 10.2. The third-order valence-corrected chi connectivity index (χ3v) is 3.70. The average Bonchev–Trinajstić information content (AvgIpc) is 2.92. The molecule has 1 amide bonds. The van der Waals surface area contributed by atoms with Crippen molar-refractivity contribution in [2.24, 2.45) is 11.7 Å². The van der Waals surface area contributed by atoms with Gasteiger partial charge in [-0.25, -0.2) is 0 Å². The van der Waals surface area contributed by atoms with E-state index in [9.17, 15) is 4.79 Å². The first-order chi connectivity index (χ1) is 9.49. The van der Waals surface area contributed by atoms with Crippen LogP contribution in [0.3, 0.4) is 0 Å². The van der Waals surface area contributed by atoms with Crippen LogP contribution in [0.2, 0.25) is 0 Å². The van der Waals surface area contributed by atoms with Crippen LogP contribution in [-0.2, 0) is 11.3 Å². The van der Waals surface area contributed by atoms with Gasteiger partial charge < -0.3 is 14.7 Å². The average molecular weight is 294 g/mol. The Morgan fingerprint density at radius 3 is 2.80 bits per heavy atom. The van der Waals surface area contributed by atoms with Crippen LogP contribution in [0.15, 0.2) is 21.9 Å². The normalized spacial score (nSPS) is 11.2. The van der Waals surface area contributed by atoms with E-state index in [2.05, 4.69) is 24.0 Å². The zero-order valence-electron chi connectivity index (χ0n) is 11.8. The molecule has 0 saturated carbocycles. The van der Waals surface area contributed by atoms with Gasteiger partial charge in [-0.2, -0.15) is 0 Å². The second kappa shape index (κ2) is 6.13. The van der Waals surface area contributed by atoms with Gasteiger partial charge in [0.15, 0.2) is 11.0 Å². The molecule has 0 spiro atoms. The molecule has 0 aliphatic rings. The largest absolute Gasteiger partial charge is 0.469 e. The molecular weight excluding hydrogens is 276 g/mol. The van der Waals surface area contributed by atoms with E-state index < -0.39 is 0 Å². The minimum absolute atomic E-state index is 0.195. The predicted molar refractivity (Wildman–Crippen MR) is 77.2 cm³/mol. The Hall–Kier alpha value is -1.76. The lowest BCUT2D eigenvalue weighted by Crippen LogP contribution is -2.14. The van der Waals surface area contributed by atoms with Crippen LogP contribution in [0, 0.1) is 12.8 Å². The molecule has 0 unspecified atom stereocenters. The molecular formula is C13H18N4O2S. The monoisotopic (exact) mass is 294 g/mol. The number of hydrogen-bond acceptors (Lipinski definition) is 5. The van der Waals surface area contributed by atoms with E-state index in [-0.39, 0.29) is 11.7 Å². The maximum absolute atomic E-state index is 10.9. The number of nitrogens with two attached hydrogens (primary N) is 1. The van der Waals surface area contributed by atoms with Gasteiger partial charge in [0, 0.05) is 6.54 Å². The highest BCUT2D eigenvalue weighted by molar-refractivity contribution is 7.99. The van der Waals surface area contributed by atoms with E-state index in [4.69, 9.17) is 10.2 Å². The molecule has 2 aromatic heterocycles. The Morgan fingerprint density at radius 2 is 2.25 bits per heavy atom. The van der Waals surface area contributed by atoms with Crippen LogP contribution in [0.4, 0.5) is 0 Å². The number of carbonyl (C=O) groups is 1. The summed E-state index contributed by atoms with van der Waals surface area (Å²) < 4.78 is 7.33. The van der Waals surface area contributed by atoms with Gasteiger partial charge in [-0.15, -0.1) is 10.2 Å². The number of furan rings is 1. The lowest BCUT2D eigenvalue weighted by molar-refractivity contribution is -0.115. The second-order valence-corrected chi connectivity index (χ2v) is 5.90. The fourth-order valence-electron chi connectivity index (χ4n) is 1.88. The quantitative estimate of drug-likeness (QED) is 0.824. The molecule has 7 heteroatoms. The van der Waals surface area contributed by atoms with Crippen LogP contribution in [0.25, 0.3) is 11.4 Å². The van der Waals surface area contributed by atoms with Crippen molar-refractivity contribution < 1.29 is 9.21 Å². The van der Waals surface area contributed by atoms with Gasteiger partial charge >= 0.3 is 0 Å². The topological polar surface area (TPSA) is 86.9 Å². The number of primary amides is 1. The summed E-state index contributed by atoms with van der Waals surface area (Å²) in [6.45, 7) is 6.90. The molecule has 108 valence electrons. The molecule has 2 rings (SSSR count). The first-order valence-corrected chi connectivity index (χ1v) is 7.36. The number of aromatic nitrogens is 3. The molecule has 0 fully saturated rings. The summed E-state index contributed by atoms with van der Waals surface area (Å²) in [4.78, 5) is 10.9. The minimum Gasteiger partial charge on any atom is -0.469 e. The highest BCUT2D eigenvalue weighted by Crippen LogP contribution is 2.27. The van der Waals surface area contributed by atoms with Crippen LogP contribution in [0.5, 0.6) is 0 Å². The van der Waals surface area contributed by atoms with Crippen molar-refractivity contribution in [1.82, 2.24) is 14.8 Å². The molecule has 2 heterocycles. The van der Waals surface area contributed by atoms with Gasteiger partial charge in [0.2, 0.25) is 5.91 Å².